The minimum absolute atomic E-state index is 0.0229. The van der Waals surface area contributed by atoms with Crippen LogP contribution >= 0.6 is 22.6 Å². The third-order valence-corrected chi connectivity index (χ3v) is 4.42. The number of aliphatic hydroxyl groups excluding tert-OH is 1. The highest BCUT2D eigenvalue weighted by Crippen LogP contribution is 2.38. The molecule has 0 saturated heterocycles. The minimum atomic E-state index is -0.775. The van der Waals surface area contributed by atoms with Crippen LogP contribution in [0.1, 0.15) is 38.7 Å². The van der Waals surface area contributed by atoms with Gasteiger partial charge in [-0.25, -0.2) is 4.79 Å². The van der Waals surface area contributed by atoms with Gasteiger partial charge in [0.25, 0.3) is 0 Å². The molecular weight excluding hydrogens is 369 g/mol. The summed E-state index contributed by atoms with van der Waals surface area (Å²) in [5, 5.41) is 9.31. The Morgan fingerprint density at radius 2 is 2.05 bits per heavy atom. The highest BCUT2D eigenvalue weighted by Gasteiger charge is 2.35. The number of nitrogens with two attached hydrogens (primary N) is 1. The molecule has 2 atom stereocenters. The van der Waals surface area contributed by atoms with Crippen molar-refractivity contribution in [2.24, 2.45) is 11.7 Å². The summed E-state index contributed by atoms with van der Waals surface area (Å²) in [5.74, 6) is 0.0945. The van der Waals surface area contributed by atoms with E-state index in [-0.39, 0.29) is 18.4 Å². The number of carbonyl (C=O) groups is 1. The van der Waals surface area contributed by atoms with Crippen LogP contribution in [0.3, 0.4) is 0 Å². The van der Waals surface area contributed by atoms with E-state index in [9.17, 15) is 9.90 Å². The van der Waals surface area contributed by atoms with Crippen LogP contribution in [0.2, 0.25) is 0 Å². The summed E-state index contributed by atoms with van der Waals surface area (Å²) in [5.41, 5.74) is 5.57. The van der Waals surface area contributed by atoms with E-state index in [1.165, 1.54) is 0 Å². The number of primary amides is 1. The first-order chi connectivity index (χ1) is 9.27. The Kier molecular flexibility index (Phi) is 6.26. The van der Waals surface area contributed by atoms with E-state index in [0.717, 1.165) is 15.6 Å². The molecule has 0 aliphatic rings. The number of ether oxygens (including phenoxy) is 1. The first-order valence-corrected chi connectivity index (χ1v) is 7.69. The number of benzene rings is 1. The lowest BCUT2D eigenvalue weighted by Gasteiger charge is -2.35. The Hall–Kier alpha value is -0.820. The van der Waals surface area contributed by atoms with Gasteiger partial charge in [0.2, 0.25) is 0 Å². The average Bonchev–Trinajstić information content (AvgIpc) is 2.35. The zero-order valence-corrected chi connectivity index (χ0v) is 14.3. The number of carbonyl (C=O) groups excluding carboxylic acids is 1. The summed E-state index contributed by atoms with van der Waals surface area (Å²) in [6.45, 7) is 5.79. The van der Waals surface area contributed by atoms with Crippen molar-refractivity contribution in [3.05, 3.63) is 33.4 Å². The van der Waals surface area contributed by atoms with Gasteiger partial charge in [-0.1, -0.05) is 25.1 Å². The van der Waals surface area contributed by atoms with Crippen molar-refractivity contribution in [2.45, 2.75) is 38.7 Å². The standard InChI is InChI=1S/C15H22INO3/c1-10(9-18)8-12(15(2,3)20-14(17)19)11-6-4-5-7-13(11)16/h4-7,10,12,18H,8-9H2,1-3H3,(H2,17,19)/t10-,12-/m0/s1. The first kappa shape index (κ1) is 17.2. The molecule has 0 radical (unpaired) electrons. The molecular formula is C15H22INO3. The van der Waals surface area contributed by atoms with Crippen LogP contribution < -0.4 is 5.73 Å². The summed E-state index contributed by atoms with van der Waals surface area (Å²) < 4.78 is 6.42. The molecule has 20 heavy (non-hydrogen) atoms. The van der Waals surface area contributed by atoms with Crippen molar-refractivity contribution < 1.29 is 14.6 Å². The smallest absolute Gasteiger partial charge is 0.405 e. The van der Waals surface area contributed by atoms with Crippen molar-refractivity contribution >= 4 is 28.7 Å². The molecule has 1 aromatic rings. The molecule has 4 nitrogen and oxygen atoms in total. The molecule has 1 rings (SSSR count). The second kappa shape index (κ2) is 7.26. The quantitative estimate of drug-likeness (QED) is 0.732. The summed E-state index contributed by atoms with van der Waals surface area (Å²) in [6, 6.07) is 7.99. The monoisotopic (exact) mass is 391 g/mol. The van der Waals surface area contributed by atoms with Crippen molar-refractivity contribution in [1.82, 2.24) is 0 Å². The molecule has 0 aliphatic heterocycles. The topological polar surface area (TPSA) is 72.6 Å². The van der Waals surface area contributed by atoms with Crippen molar-refractivity contribution in [3.63, 3.8) is 0 Å². The number of hydrogen-bond acceptors (Lipinski definition) is 3. The lowest BCUT2D eigenvalue weighted by molar-refractivity contribution is 0.0153. The van der Waals surface area contributed by atoms with E-state index in [4.69, 9.17) is 10.5 Å². The van der Waals surface area contributed by atoms with Gasteiger partial charge in [-0.15, -0.1) is 0 Å². The van der Waals surface area contributed by atoms with Gasteiger partial charge in [-0.3, -0.25) is 0 Å². The maximum Gasteiger partial charge on any atom is 0.405 e. The van der Waals surface area contributed by atoms with Crippen LogP contribution in [0.4, 0.5) is 4.79 Å². The lowest BCUT2D eigenvalue weighted by Crippen LogP contribution is -2.38. The van der Waals surface area contributed by atoms with E-state index in [2.05, 4.69) is 22.6 Å². The summed E-state index contributed by atoms with van der Waals surface area (Å²) in [7, 11) is 0. The first-order valence-electron chi connectivity index (χ1n) is 6.61. The second-order valence-electron chi connectivity index (χ2n) is 5.62. The van der Waals surface area contributed by atoms with Gasteiger partial charge in [0.1, 0.15) is 5.60 Å². The summed E-state index contributed by atoms with van der Waals surface area (Å²) >= 11 is 2.27. The molecule has 0 aliphatic carbocycles. The Balaban J connectivity index is 3.14. The van der Waals surface area contributed by atoms with Gasteiger partial charge in [0.15, 0.2) is 0 Å². The fraction of sp³-hybridized carbons (Fsp3) is 0.533. The summed E-state index contributed by atoms with van der Waals surface area (Å²) in [6.07, 6.45) is -0.0563. The average molecular weight is 391 g/mol. The number of hydrogen-bond donors (Lipinski definition) is 2. The normalized spacial score (nSPS) is 14.7. The molecule has 0 heterocycles. The van der Waals surface area contributed by atoms with Crippen LogP contribution in [0, 0.1) is 9.49 Å². The van der Waals surface area contributed by atoms with E-state index in [0.29, 0.717) is 0 Å². The lowest BCUT2D eigenvalue weighted by atomic mass is 9.79. The van der Waals surface area contributed by atoms with E-state index < -0.39 is 11.7 Å². The molecule has 0 unspecified atom stereocenters. The number of aliphatic hydroxyl groups is 1. The zero-order valence-electron chi connectivity index (χ0n) is 12.1. The third-order valence-electron chi connectivity index (χ3n) is 3.43. The second-order valence-corrected chi connectivity index (χ2v) is 6.78. The summed E-state index contributed by atoms with van der Waals surface area (Å²) in [4.78, 5) is 11.1. The van der Waals surface area contributed by atoms with Crippen LogP contribution in [-0.2, 0) is 4.74 Å². The van der Waals surface area contributed by atoms with Gasteiger partial charge in [-0.05, 0) is 60.4 Å². The fourth-order valence-corrected chi connectivity index (χ4v) is 3.11. The van der Waals surface area contributed by atoms with E-state index >= 15 is 0 Å². The SMILES string of the molecule is C[C@H](CO)C[C@@H](c1ccccc1I)C(C)(C)OC(N)=O. The van der Waals surface area contributed by atoms with Gasteiger partial charge in [0, 0.05) is 16.1 Å². The number of amides is 1. The molecule has 1 amide bonds. The van der Waals surface area contributed by atoms with Crippen molar-refractivity contribution in [3.8, 4) is 0 Å². The Morgan fingerprint density at radius 1 is 1.45 bits per heavy atom. The third kappa shape index (κ3) is 4.63. The minimum Gasteiger partial charge on any atom is -0.443 e. The molecule has 0 aromatic heterocycles. The predicted octanol–water partition coefficient (Wildman–Crippen LogP) is 3.27. The fourth-order valence-electron chi connectivity index (χ4n) is 2.35. The highest BCUT2D eigenvalue weighted by molar-refractivity contribution is 14.1. The van der Waals surface area contributed by atoms with Crippen LogP contribution in [0.25, 0.3) is 0 Å². The molecule has 1 aromatic carbocycles. The van der Waals surface area contributed by atoms with Crippen LogP contribution in [0.15, 0.2) is 24.3 Å². The van der Waals surface area contributed by atoms with E-state index in [1.54, 1.807) is 0 Å². The van der Waals surface area contributed by atoms with E-state index in [1.807, 2.05) is 45.0 Å². The van der Waals surface area contributed by atoms with Gasteiger partial charge in [-0.2, -0.15) is 0 Å². The molecule has 0 fully saturated rings. The van der Waals surface area contributed by atoms with Gasteiger partial charge < -0.3 is 15.6 Å². The van der Waals surface area contributed by atoms with Gasteiger partial charge >= 0.3 is 6.09 Å². The predicted molar refractivity (Wildman–Crippen MR) is 87.5 cm³/mol. The molecule has 112 valence electrons. The molecule has 5 heteroatoms. The molecule has 3 N–H and O–H groups in total. The van der Waals surface area contributed by atoms with Crippen LogP contribution in [-0.4, -0.2) is 23.4 Å². The maximum atomic E-state index is 11.1. The molecule has 0 saturated carbocycles. The van der Waals surface area contributed by atoms with Crippen molar-refractivity contribution in [1.29, 1.82) is 0 Å². The largest absolute Gasteiger partial charge is 0.443 e. The zero-order chi connectivity index (χ0) is 15.3. The van der Waals surface area contributed by atoms with Crippen LogP contribution in [0.5, 0.6) is 0 Å². The molecule has 0 spiro atoms. The maximum absolute atomic E-state index is 11.1. The number of rotatable bonds is 6. The number of halogens is 1. The Labute approximate surface area is 133 Å². The van der Waals surface area contributed by atoms with Gasteiger partial charge in [0.05, 0.1) is 0 Å². The molecule has 0 bridgehead atoms. The highest BCUT2D eigenvalue weighted by atomic mass is 127. The Bertz CT molecular complexity index is 462. The van der Waals surface area contributed by atoms with Crippen molar-refractivity contribution in [2.75, 3.05) is 6.61 Å². The Morgan fingerprint density at radius 3 is 2.55 bits per heavy atom.